The van der Waals surface area contributed by atoms with Crippen LogP contribution in [0.1, 0.15) is 12.0 Å². The number of phenolic OH excluding ortho intramolecular Hbond substituents is 1. The van der Waals surface area contributed by atoms with Crippen LogP contribution in [-0.4, -0.2) is 25.8 Å². The molecule has 0 saturated carbocycles. The first-order valence-corrected chi connectivity index (χ1v) is 4.78. The van der Waals surface area contributed by atoms with E-state index < -0.39 is 0 Å². The third-order valence-electron chi connectivity index (χ3n) is 1.91. The first kappa shape index (κ1) is 11.4. The van der Waals surface area contributed by atoms with Crippen molar-refractivity contribution in [1.82, 2.24) is 5.32 Å². The number of phenols is 1. The van der Waals surface area contributed by atoms with Crippen molar-refractivity contribution in [3.8, 4) is 23.3 Å². The second-order valence-corrected chi connectivity index (χ2v) is 3.04. The third-order valence-corrected chi connectivity index (χ3v) is 1.91. The van der Waals surface area contributed by atoms with E-state index in [0.29, 0.717) is 5.75 Å². The van der Waals surface area contributed by atoms with E-state index in [4.69, 9.17) is 4.74 Å². The highest BCUT2D eigenvalue weighted by atomic mass is 16.5. The monoisotopic (exact) mass is 205 g/mol. The van der Waals surface area contributed by atoms with E-state index in [-0.39, 0.29) is 5.75 Å². The molecule has 1 aromatic rings. The molecule has 0 aromatic heterocycles. The largest absolute Gasteiger partial charge is 0.504 e. The van der Waals surface area contributed by atoms with Gasteiger partial charge in [-0.25, -0.2) is 0 Å². The van der Waals surface area contributed by atoms with Gasteiger partial charge in [-0.05, 0) is 25.2 Å². The van der Waals surface area contributed by atoms with E-state index in [0.717, 1.165) is 18.5 Å². The molecule has 0 radical (unpaired) electrons. The van der Waals surface area contributed by atoms with Crippen LogP contribution < -0.4 is 10.1 Å². The summed E-state index contributed by atoms with van der Waals surface area (Å²) in [7, 11) is 3.42. The Kier molecular flexibility index (Phi) is 4.52. The van der Waals surface area contributed by atoms with Gasteiger partial charge in [-0.2, -0.15) is 0 Å². The Morgan fingerprint density at radius 2 is 2.27 bits per heavy atom. The number of hydrogen-bond donors (Lipinski definition) is 2. The standard InChI is InChI=1S/C12H15NO2/c1-13-8-4-3-5-10-6-7-11(14)12(9-10)15-2/h6-7,9,13-14H,4,8H2,1-2H3. The molecule has 15 heavy (non-hydrogen) atoms. The van der Waals surface area contributed by atoms with Crippen molar-refractivity contribution >= 4 is 0 Å². The van der Waals surface area contributed by atoms with Gasteiger partial charge in [0.25, 0.3) is 0 Å². The maximum Gasteiger partial charge on any atom is 0.161 e. The quantitative estimate of drug-likeness (QED) is 0.578. The smallest absolute Gasteiger partial charge is 0.161 e. The summed E-state index contributed by atoms with van der Waals surface area (Å²) in [5.74, 6) is 6.62. The fourth-order valence-corrected chi connectivity index (χ4v) is 1.11. The molecule has 0 saturated heterocycles. The summed E-state index contributed by atoms with van der Waals surface area (Å²) in [5.41, 5.74) is 0.848. The van der Waals surface area contributed by atoms with Crippen molar-refractivity contribution < 1.29 is 9.84 Å². The molecule has 3 nitrogen and oxygen atoms in total. The number of aromatic hydroxyl groups is 1. The second kappa shape index (κ2) is 5.94. The van der Waals surface area contributed by atoms with Gasteiger partial charge in [0.2, 0.25) is 0 Å². The molecular formula is C12H15NO2. The van der Waals surface area contributed by atoms with Gasteiger partial charge in [0.05, 0.1) is 7.11 Å². The number of nitrogens with one attached hydrogen (secondary N) is 1. The lowest BCUT2D eigenvalue weighted by molar-refractivity contribution is 0.373. The lowest BCUT2D eigenvalue weighted by atomic mass is 10.2. The Morgan fingerprint density at radius 1 is 1.47 bits per heavy atom. The Labute approximate surface area is 90.1 Å². The highest BCUT2D eigenvalue weighted by molar-refractivity contribution is 5.47. The SMILES string of the molecule is CNCCC#Cc1ccc(O)c(OC)c1. The Morgan fingerprint density at radius 3 is 2.93 bits per heavy atom. The average Bonchev–Trinajstić information content (AvgIpc) is 2.26. The predicted molar refractivity (Wildman–Crippen MR) is 60.1 cm³/mol. The highest BCUT2D eigenvalue weighted by Gasteiger charge is 1.99. The molecular weight excluding hydrogens is 190 g/mol. The molecule has 0 aliphatic carbocycles. The fourth-order valence-electron chi connectivity index (χ4n) is 1.11. The van der Waals surface area contributed by atoms with E-state index in [1.807, 2.05) is 7.05 Å². The second-order valence-electron chi connectivity index (χ2n) is 3.04. The molecule has 1 rings (SSSR count). The van der Waals surface area contributed by atoms with Crippen molar-refractivity contribution in [1.29, 1.82) is 0 Å². The van der Waals surface area contributed by atoms with Crippen LogP contribution in [0, 0.1) is 11.8 Å². The van der Waals surface area contributed by atoms with Gasteiger partial charge >= 0.3 is 0 Å². The maximum atomic E-state index is 9.36. The summed E-state index contributed by atoms with van der Waals surface area (Å²) in [6.07, 6.45) is 0.805. The Balaban J connectivity index is 2.72. The number of ether oxygens (including phenoxy) is 1. The summed E-state index contributed by atoms with van der Waals surface area (Å²) in [6.45, 7) is 0.877. The first-order chi connectivity index (χ1) is 7.27. The molecule has 0 aliphatic rings. The van der Waals surface area contributed by atoms with Crippen molar-refractivity contribution in [2.75, 3.05) is 20.7 Å². The maximum absolute atomic E-state index is 9.36. The van der Waals surface area contributed by atoms with E-state index in [2.05, 4.69) is 17.2 Å². The van der Waals surface area contributed by atoms with Crippen LogP contribution >= 0.6 is 0 Å². The summed E-state index contributed by atoms with van der Waals surface area (Å²) in [4.78, 5) is 0. The molecule has 0 atom stereocenters. The molecule has 80 valence electrons. The fraction of sp³-hybridized carbons (Fsp3) is 0.333. The van der Waals surface area contributed by atoms with E-state index in [1.165, 1.54) is 7.11 Å². The van der Waals surface area contributed by atoms with Crippen LogP contribution in [0.15, 0.2) is 18.2 Å². The van der Waals surface area contributed by atoms with Crippen LogP contribution in [0.2, 0.25) is 0 Å². The van der Waals surface area contributed by atoms with Crippen molar-refractivity contribution in [2.45, 2.75) is 6.42 Å². The summed E-state index contributed by atoms with van der Waals surface area (Å²) >= 11 is 0. The van der Waals surface area contributed by atoms with E-state index >= 15 is 0 Å². The topological polar surface area (TPSA) is 41.5 Å². The molecule has 0 amide bonds. The van der Waals surface area contributed by atoms with Crippen molar-refractivity contribution in [3.05, 3.63) is 23.8 Å². The summed E-state index contributed by atoms with van der Waals surface area (Å²) < 4.78 is 4.98. The number of hydrogen-bond acceptors (Lipinski definition) is 3. The van der Waals surface area contributed by atoms with Gasteiger partial charge in [-0.1, -0.05) is 11.8 Å². The average molecular weight is 205 g/mol. The highest BCUT2D eigenvalue weighted by Crippen LogP contribution is 2.25. The van der Waals surface area contributed by atoms with Gasteiger partial charge in [-0.3, -0.25) is 0 Å². The zero-order valence-corrected chi connectivity index (χ0v) is 9.00. The van der Waals surface area contributed by atoms with E-state index in [9.17, 15) is 5.11 Å². The summed E-state index contributed by atoms with van der Waals surface area (Å²) in [5, 5.41) is 12.4. The third kappa shape index (κ3) is 3.53. The molecule has 0 heterocycles. The molecule has 2 N–H and O–H groups in total. The zero-order valence-electron chi connectivity index (χ0n) is 9.00. The van der Waals surface area contributed by atoms with Gasteiger partial charge < -0.3 is 15.2 Å². The molecule has 0 spiro atoms. The Hall–Kier alpha value is -1.66. The number of benzene rings is 1. The number of rotatable bonds is 3. The molecule has 0 aliphatic heterocycles. The van der Waals surface area contributed by atoms with E-state index in [1.54, 1.807) is 18.2 Å². The minimum absolute atomic E-state index is 0.137. The van der Waals surface area contributed by atoms with Crippen LogP contribution in [0.25, 0.3) is 0 Å². The molecule has 0 bridgehead atoms. The van der Waals surface area contributed by atoms with Crippen LogP contribution in [0.4, 0.5) is 0 Å². The minimum atomic E-state index is 0.137. The van der Waals surface area contributed by atoms with Crippen LogP contribution in [0.5, 0.6) is 11.5 Å². The minimum Gasteiger partial charge on any atom is -0.504 e. The normalized spacial score (nSPS) is 9.20. The molecule has 1 aromatic carbocycles. The van der Waals surface area contributed by atoms with Crippen LogP contribution in [0.3, 0.4) is 0 Å². The van der Waals surface area contributed by atoms with Crippen molar-refractivity contribution in [3.63, 3.8) is 0 Å². The zero-order chi connectivity index (χ0) is 11.1. The van der Waals surface area contributed by atoms with Gasteiger partial charge in [0.1, 0.15) is 0 Å². The summed E-state index contributed by atoms with van der Waals surface area (Å²) in [6, 6.07) is 5.08. The molecule has 0 fully saturated rings. The van der Waals surface area contributed by atoms with Gasteiger partial charge in [0.15, 0.2) is 11.5 Å². The van der Waals surface area contributed by atoms with Crippen LogP contribution in [-0.2, 0) is 0 Å². The van der Waals surface area contributed by atoms with Crippen molar-refractivity contribution in [2.24, 2.45) is 0 Å². The molecule has 0 unspecified atom stereocenters. The predicted octanol–water partition coefficient (Wildman–Crippen LogP) is 1.36. The lowest BCUT2D eigenvalue weighted by Crippen LogP contribution is -2.05. The number of methoxy groups -OCH3 is 1. The van der Waals surface area contributed by atoms with Gasteiger partial charge in [-0.15, -0.1) is 0 Å². The molecule has 3 heteroatoms. The Bertz CT molecular complexity index is 377. The lowest BCUT2D eigenvalue weighted by Gasteiger charge is -2.02. The van der Waals surface area contributed by atoms with Gasteiger partial charge in [0, 0.05) is 18.5 Å². The first-order valence-electron chi connectivity index (χ1n) is 4.78.